The van der Waals surface area contributed by atoms with Crippen LogP contribution in [0.4, 0.5) is 0 Å². The van der Waals surface area contributed by atoms with E-state index in [0.29, 0.717) is 19.0 Å². The third kappa shape index (κ3) is 4.47. The summed E-state index contributed by atoms with van der Waals surface area (Å²) in [6, 6.07) is 4.48. The first-order valence-electron chi connectivity index (χ1n) is 9.33. The molecule has 1 fully saturated rings. The number of nitrogens with zero attached hydrogens (tertiary/aromatic N) is 4. The molecule has 0 aromatic carbocycles. The average molecular weight is 340 g/mol. The monoisotopic (exact) mass is 340 g/mol. The Labute approximate surface area is 150 Å². The number of pyridine rings is 1. The molecular formula is C20H28N4O. The van der Waals surface area contributed by atoms with Crippen molar-refractivity contribution in [3.8, 4) is 0 Å². The number of carbonyl (C=O) groups is 1. The van der Waals surface area contributed by atoms with Crippen LogP contribution in [0.5, 0.6) is 0 Å². The van der Waals surface area contributed by atoms with Gasteiger partial charge in [0.15, 0.2) is 0 Å². The fourth-order valence-electron chi connectivity index (χ4n) is 3.82. The lowest BCUT2D eigenvalue weighted by Gasteiger charge is -2.35. The van der Waals surface area contributed by atoms with Crippen molar-refractivity contribution in [3.63, 3.8) is 0 Å². The molecule has 0 radical (unpaired) electrons. The van der Waals surface area contributed by atoms with Crippen molar-refractivity contribution in [2.75, 3.05) is 0 Å². The van der Waals surface area contributed by atoms with Crippen LogP contribution >= 0.6 is 0 Å². The predicted molar refractivity (Wildman–Crippen MR) is 98.0 cm³/mol. The van der Waals surface area contributed by atoms with Crippen molar-refractivity contribution in [1.82, 2.24) is 19.4 Å². The van der Waals surface area contributed by atoms with Crippen LogP contribution in [0.3, 0.4) is 0 Å². The molecule has 0 aliphatic heterocycles. The molecule has 2 heterocycles. The normalized spacial score (nSPS) is 16.6. The highest BCUT2D eigenvalue weighted by Crippen LogP contribution is 2.26. The standard InChI is InChI=1S/C20H28N4O/c1-16(23-12-11-22-17(23)2)13-20(25)24(19-8-4-3-5-9-19)15-18-7-6-10-21-14-18/h6-7,10-12,14,16,19H,3-5,8-9,13,15H2,1-2H3. The molecule has 0 bridgehead atoms. The first kappa shape index (κ1) is 17.6. The average Bonchev–Trinajstić information content (AvgIpc) is 3.07. The quantitative estimate of drug-likeness (QED) is 0.801. The van der Waals surface area contributed by atoms with Gasteiger partial charge < -0.3 is 9.47 Å². The molecule has 0 spiro atoms. The Morgan fingerprint density at radius 1 is 1.32 bits per heavy atom. The van der Waals surface area contributed by atoms with Gasteiger partial charge in [0.1, 0.15) is 5.82 Å². The molecule has 3 rings (SSSR count). The van der Waals surface area contributed by atoms with Crippen molar-refractivity contribution in [1.29, 1.82) is 0 Å². The summed E-state index contributed by atoms with van der Waals surface area (Å²) in [6.07, 6.45) is 13.9. The van der Waals surface area contributed by atoms with Gasteiger partial charge >= 0.3 is 0 Å². The van der Waals surface area contributed by atoms with E-state index in [4.69, 9.17) is 0 Å². The van der Waals surface area contributed by atoms with Gasteiger partial charge in [-0.3, -0.25) is 9.78 Å². The zero-order valence-electron chi connectivity index (χ0n) is 15.3. The van der Waals surface area contributed by atoms with E-state index >= 15 is 0 Å². The Kier molecular flexibility index (Phi) is 5.84. The van der Waals surface area contributed by atoms with Crippen molar-refractivity contribution in [3.05, 3.63) is 48.3 Å². The second-order valence-electron chi connectivity index (χ2n) is 7.11. The molecule has 1 unspecified atom stereocenters. The lowest BCUT2D eigenvalue weighted by atomic mass is 9.93. The highest BCUT2D eigenvalue weighted by Gasteiger charge is 2.27. The van der Waals surface area contributed by atoms with Gasteiger partial charge in [-0.05, 0) is 38.3 Å². The van der Waals surface area contributed by atoms with Gasteiger partial charge in [-0.25, -0.2) is 4.98 Å². The summed E-state index contributed by atoms with van der Waals surface area (Å²) in [5.74, 6) is 1.19. The summed E-state index contributed by atoms with van der Waals surface area (Å²) < 4.78 is 2.08. The minimum absolute atomic E-state index is 0.120. The Balaban J connectivity index is 1.73. The van der Waals surface area contributed by atoms with Crippen LogP contribution in [0.25, 0.3) is 0 Å². The molecule has 1 aliphatic carbocycles. The summed E-state index contributed by atoms with van der Waals surface area (Å²) >= 11 is 0. The van der Waals surface area contributed by atoms with Gasteiger partial charge in [0.05, 0.1) is 0 Å². The van der Waals surface area contributed by atoms with Gasteiger partial charge in [0.25, 0.3) is 0 Å². The molecule has 2 aromatic rings. The molecule has 1 saturated carbocycles. The zero-order valence-corrected chi connectivity index (χ0v) is 15.3. The van der Waals surface area contributed by atoms with E-state index in [2.05, 4.69) is 32.4 Å². The summed E-state index contributed by atoms with van der Waals surface area (Å²) in [5, 5.41) is 0. The number of hydrogen-bond acceptors (Lipinski definition) is 3. The number of hydrogen-bond donors (Lipinski definition) is 0. The van der Waals surface area contributed by atoms with E-state index in [9.17, 15) is 4.79 Å². The lowest BCUT2D eigenvalue weighted by molar-refractivity contribution is -0.135. The Hall–Kier alpha value is -2.17. The van der Waals surface area contributed by atoms with E-state index < -0.39 is 0 Å². The van der Waals surface area contributed by atoms with Gasteiger partial charge in [-0.1, -0.05) is 25.3 Å². The topological polar surface area (TPSA) is 51.0 Å². The predicted octanol–water partition coefficient (Wildman–Crippen LogP) is 3.90. The van der Waals surface area contributed by atoms with Crippen LogP contribution in [-0.4, -0.2) is 31.4 Å². The third-order valence-corrected chi connectivity index (χ3v) is 5.22. The molecule has 5 heteroatoms. The summed E-state index contributed by atoms with van der Waals surface area (Å²) in [7, 11) is 0. The van der Waals surface area contributed by atoms with Crippen LogP contribution in [-0.2, 0) is 11.3 Å². The van der Waals surface area contributed by atoms with Crippen molar-refractivity contribution < 1.29 is 4.79 Å². The fourth-order valence-corrected chi connectivity index (χ4v) is 3.82. The van der Waals surface area contributed by atoms with Gasteiger partial charge in [0, 0.05) is 49.8 Å². The molecular weight excluding hydrogens is 312 g/mol. The van der Waals surface area contributed by atoms with Crippen LogP contribution in [0.2, 0.25) is 0 Å². The van der Waals surface area contributed by atoms with E-state index in [-0.39, 0.29) is 11.9 Å². The molecule has 1 amide bonds. The molecule has 25 heavy (non-hydrogen) atoms. The lowest BCUT2D eigenvalue weighted by Crippen LogP contribution is -2.41. The fraction of sp³-hybridized carbons (Fsp3) is 0.550. The highest BCUT2D eigenvalue weighted by atomic mass is 16.2. The first-order valence-corrected chi connectivity index (χ1v) is 9.33. The van der Waals surface area contributed by atoms with Crippen LogP contribution in [0, 0.1) is 6.92 Å². The van der Waals surface area contributed by atoms with Crippen LogP contribution in [0.1, 0.15) is 62.9 Å². The molecule has 2 aromatic heterocycles. The third-order valence-electron chi connectivity index (χ3n) is 5.22. The summed E-state index contributed by atoms with van der Waals surface area (Å²) in [4.78, 5) is 23.7. The number of rotatable bonds is 6. The Bertz CT molecular complexity index is 676. The minimum Gasteiger partial charge on any atom is -0.335 e. The molecule has 0 saturated heterocycles. The SMILES string of the molecule is Cc1nccn1C(C)CC(=O)N(Cc1cccnc1)C1CCCCC1. The van der Waals surface area contributed by atoms with Crippen LogP contribution < -0.4 is 0 Å². The zero-order chi connectivity index (χ0) is 17.6. The Morgan fingerprint density at radius 3 is 2.76 bits per heavy atom. The second kappa shape index (κ2) is 8.28. The maximum Gasteiger partial charge on any atom is 0.225 e. The smallest absolute Gasteiger partial charge is 0.225 e. The number of carbonyl (C=O) groups excluding carboxylic acids is 1. The van der Waals surface area contributed by atoms with Crippen LogP contribution in [0.15, 0.2) is 36.9 Å². The maximum absolute atomic E-state index is 13.1. The van der Waals surface area contributed by atoms with E-state index in [1.165, 1.54) is 19.3 Å². The maximum atomic E-state index is 13.1. The van der Waals surface area contributed by atoms with E-state index in [1.54, 1.807) is 12.4 Å². The highest BCUT2D eigenvalue weighted by molar-refractivity contribution is 5.77. The number of aryl methyl sites for hydroxylation is 1. The largest absolute Gasteiger partial charge is 0.335 e. The Morgan fingerprint density at radius 2 is 2.12 bits per heavy atom. The van der Waals surface area contributed by atoms with Gasteiger partial charge in [-0.15, -0.1) is 0 Å². The van der Waals surface area contributed by atoms with Crippen molar-refractivity contribution in [2.45, 2.75) is 71.0 Å². The van der Waals surface area contributed by atoms with Crippen molar-refractivity contribution in [2.24, 2.45) is 0 Å². The number of amides is 1. The number of aromatic nitrogens is 3. The van der Waals surface area contributed by atoms with E-state index in [1.807, 2.05) is 25.4 Å². The first-order chi connectivity index (χ1) is 12.1. The summed E-state index contributed by atoms with van der Waals surface area (Å²) in [6.45, 7) is 4.73. The van der Waals surface area contributed by atoms with Gasteiger partial charge in [-0.2, -0.15) is 0 Å². The minimum atomic E-state index is 0.120. The van der Waals surface area contributed by atoms with E-state index in [0.717, 1.165) is 24.2 Å². The molecule has 0 N–H and O–H groups in total. The molecule has 1 aliphatic rings. The molecule has 134 valence electrons. The summed E-state index contributed by atoms with van der Waals surface area (Å²) in [5.41, 5.74) is 1.10. The number of imidazole rings is 1. The van der Waals surface area contributed by atoms with Gasteiger partial charge in [0.2, 0.25) is 5.91 Å². The molecule has 1 atom stereocenters. The second-order valence-corrected chi connectivity index (χ2v) is 7.11. The molecule has 5 nitrogen and oxygen atoms in total. The van der Waals surface area contributed by atoms with Crippen molar-refractivity contribution >= 4 is 5.91 Å².